The van der Waals surface area contributed by atoms with Crippen molar-refractivity contribution in [1.29, 1.82) is 0 Å². The molecule has 2 aliphatic carbocycles. The summed E-state index contributed by atoms with van der Waals surface area (Å²) in [6, 6.07) is 14.7. The van der Waals surface area contributed by atoms with Crippen LogP contribution in [0.25, 0.3) is 16.7 Å². The third-order valence-corrected chi connectivity index (χ3v) is 4.12. The van der Waals surface area contributed by atoms with E-state index in [1.807, 2.05) is 0 Å². The van der Waals surface area contributed by atoms with Crippen molar-refractivity contribution in [2.24, 2.45) is 0 Å². The van der Waals surface area contributed by atoms with E-state index in [1.165, 1.54) is 42.2 Å². The Kier molecular flexibility index (Phi) is 5.07. The van der Waals surface area contributed by atoms with E-state index in [-0.39, 0.29) is 0 Å². The van der Waals surface area contributed by atoms with Crippen LogP contribution in [0.4, 0.5) is 0 Å². The Morgan fingerprint density at radius 1 is 1.13 bits per heavy atom. The van der Waals surface area contributed by atoms with Crippen molar-refractivity contribution in [1.82, 2.24) is 0 Å². The molecule has 0 atom stereocenters. The van der Waals surface area contributed by atoms with Crippen LogP contribution in [0, 0.1) is 13.0 Å². The Balaban J connectivity index is 0.000000354. The molecule has 0 bridgehead atoms. The van der Waals surface area contributed by atoms with Gasteiger partial charge in [-0.05, 0) is 18.4 Å². The van der Waals surface area contributed by atoms with Crippen LogP contribution in [0.15, 0.2) is 48.6 Å². The number of hydrogen-bond acceptors (Lipinski definition) is 0. The van der Waals surface area contributed by atoms with Crippen molar-refractivity contribution in [3.05, 3.63) is 76.9 Å². The summed E-state index contributed by atoms with van der Waals surface area (Å²) in [4.78, 5) is 0. The predicted octanol–water partition coefficient (Wildman–Crippen LogP) is 5.46. The Hall–Kier alpha value is -1.33. The number of benzene rings is 2. The number of aryl methyl sites for hydroxylation is 1. The molecule has 0 amide bonds. The van der Waals surface area contributed by atoms with Crippen molar-refractivity contribution in [2.75, 3.05) is 0 Å². The minimum Gasteiger partial charge on any atom is -0.144 e. The van der Waals surface area contributed by atoms with E-state index in [1.54, 1.807) is 24.2 Å². The molecule has 114 valence electrons. The monoisotopic (exact) mass is 375 g/mol. The van der Waals surface area contributed by atoms with E-state index in [2.05, 4.69) is 75.4 Å². The molecular weight excluding hydrogens is 355 g/mol. The van der Waals surface area contributed by atoms with Crippen LogP contribution in [0.1, 0.15) is 42.5 Å². The molecule has 0 saturated heterocycles. The summed E-state index contributed by atoms with van der Waals surface area (Å²) < 4.78 is 1.51. The molecule has 0 unspecified atom stereocenters. The first-order valence-corrected chi connectivity index (χ1v) is 9.31. The zero-order valence-electron chi connectivity index (χ0n) is 14.0. The first-order valence-electron chi connectivity index (χ1n) is 8.08. The third kappa shape index (κ3) is 3.61. The smallest absolute Gasteiger partial charge is 0.0195 e. The molecule has 0 spiro atoms. The van der Waals surface area contributed by atoms with Crippen LogP contribution >= 0.6 is 0 Å². The van der Waals surface area contributed by atoms with Gasteiger partial charge >= 0.3 is 41.3 Å². The molecule has 2 aliphatic rings. The molecule has 0 radical (unpaired) electrons. The van der Waals surface area contributed by atoms with Crippen LogP contribution in [0.2, 0.25) is 0 Å². The minimum absolute atomic E-state index is 1.03. The Morgan fingerprint density at radius 2 is 1.87 bits per heavy atom. The molecular formula is C22H21Zr-. The zero-order valence-corrected chi connectivity index (χ0v) is 16.5. The second-order valence-electron chi connectivity index (χ2n) is 6.38. The molecule has 0 aliphatic heterocycles. The fourth-order valence-electron chi connectivity index (χ4n) is 3.17. The Labute approximate surface area is 154 Å². The minimum atomic E-state index is 1.03. The van der Waals surface area contributed by atoms with Gasteiger partial charge in [0.2, 0.25) is 0 Å². The Morgan fingerprint density at radius 3 is 2.57 bits per heavy atom. The Bertz CT molecular complexity index is 818. The fraction of sp³-hybridized carbons (Fsp3) is 0.227. The van der Waals surface area contributed by atoms with Gasteiger partial charge in [0.1, 0.15) is 0 Å². The van der Waals surface area contributed by atoms with Crippen LogP contribution in [-0.2, 0) is 30.7 Å². The van der Waals surface area contributed by atoms with Gasteiger partial charge in [0, 0.05) is 0 Å². The van der Waals surface area contributed by atoms with Gasteiger partial charge in [-0.15, -0.1) is 40.5 Å². The number of hydrogen-bond donors (Lipinski definition) is 0. The molecule has 0 aromatic heterocycles. The van der Waals surface area contributed by atoms with Gasteiger partial charge in [0.05, 0.1) is 0 Å². The summed E-state index contributed by atoms with van der Waals surface area (Å²) in [7, 11) is 0. The van der Waals surface area contributed by atoms with Crippen LogP contribution in [0.5, 0.6) is 0 Å². The summed E-state index contributed by atoms with van der Waals surface area (Å²) in [5.41, 5.74) is 9.60. The molecule has 23 heavy (non-hydrogen) atoms. The van der Waals surface area contributed by atoms with Crippen LogP contribution in [0.3, 0.4) is 0 Å². The topological polar surface area (TPSA) is 0 Å². The average molecular weight is 377 g/mol. The summed E-state index contributed by atoms with van der Waals surface area (Å²) in [6.45, 7) is 6.45. The molecule has 0 N–H and O–H groups in total. The van der Waals surface area contributed by atoms with Gasteiger partial charge in [-0.3, -0.25) is 0 Å². The van der Waals surface area contributed by atoms with Gasteiger partial charge in [0.15, 0.2) is 0 Å². The van der Waals surface area contributed by atoms with Gasteiger partial charge in [-0.25, -0.2) is 0 Å². The van der Waals surface area contributed by atoms with E-state index in [0.717, 1.165) is 12.8 Å². The van der Waals surface area contributed by atoms with Crippen molar-refractivity contribution in [3.8, 4) is 11.1 Å². The van der Waals surface area contributed by atoms with E-state index in [0.29, 0.717) is 0 Å². The van der Waals surface area contributed by atoms with Crippen molar-refractivity contribution < 1.29 is 24.2 Å². The SMILES string of the molecule is C[C](C)=[Zr].Cc1cc2c([c-]c1C1=CC=CC1)Cc1ccccc1-2. The zero-order chi connectivity index (χ0) is 16.4. The third-order valence-electron chi connectivity index (χ3n) is 4.12. The molecule has 1 heteroatoms. The predicted molar refractivity (Wildman–Crippen MR) is 96.3 cm³/mol. The van der Waals surface area contributed by atoms with Gasteiger partial charge in [-0.1, -0.05) is 54.5 Å². The summed E-state index contributed by atoms with van der Waals surface area (Å²) >= 11 is 1.55. The molecule has 0 heterocycles. The largest absolute Gasteiger partial charge is 0.144 e. The summed E-state index contributed by atoms with van der Waals surface area (Å²) in [5.74, 6) is 0. The van der Waals surface area contributed by atoms with Crippen molar-refractivity contribution >= 4 is 8.78 Å². The maximum atomic E-state index is 3.67. The quantitative estimate of drug-likeness (QED) is 0.495. The maximum absolute atomic E-state index is 3.67. The molecule has 0 fully saturated rings. The van der Waals surface area contributed by atoms with E-state index >= 15 is 0 Å². The van der Waals surface area contributed by atoms with Crippen molar-refractivity contribution in [3.63, 3.8) is 0 Å². The number of allylic oxidation sites excluding steroid dienone is 4. The molecule has 4 rings (SSSR count). The van der Waals surface area contributed by atoms with E-state index in [4.69, 9.17) is 0 Å². The second-order valence-corrected chi connectivity index (χ2v) is 8.84. The van der Waals surface area contributed by atoms with E-state index < -0.39 is 0 Å². The average Bonchev–Trinajstić information content (AvgIpc) is 3.13. The normalized spacial score (nSPS) is 13.7. The van der Waals surface area contributed by atoms with Gasteiger partial charge in [0.25, 0.3) is 0 Å². The van der Waals surface area contributed by atoms with Gasteiger partial charge < -0.3 is 0 Å². The number of fused-ring (bicyclic) bond motifs is 3. The number of rotatable bonds is 1. The van der Waals surface area contributed by atoms with E-state index in [9.17, 15) is 0 Å². The maximum Gasteiger partial charge on any atom is -0.0195 e. The summed E-state index contributed by atoms with van der Waals surface area (Å²) in [5, 5.41) is 0. The van der Waals surface area contributed by atoms with Crippen molar-refractivity contribution in [2.45, 2.75) is 33.6 Å². The molecule has 2 aromatic rings. The first kappa shape index (κ1) is 16.5. The molecule has 0 nitrogen and oxygen atoms in total. The molecule has 2 aromatic carbocycles. The van der Waals surface area contributed by atoms with Crippen LogP contribution in [-0.4, -0.2) is 3.21 Å². The molecule has 0 saturated carbocycles. The summed E-state index contributed by atoms with van der Waals surface area (Å²) in [6.07, 6.45) is 8.64. The fourth-order valence-corrected chi connectivity index (χ4v) is 3.17. The van der Waals surface area contributed by atoms with Gasteiger partial charge in [-0.2, -0.15) is 0 Å². The second kappa shape index (κ2) is 7.06. The first-order chi connectivity index (χ1) is 11.1. The standard InChI is InChI=1S/C19H15.C3H6.Zr/c1-13-10-19-16(11-15-8-4-5-9-17(15)19)12-18(13)14-6-2-3-7-14;1-3-2;/h2-6,8-10H,7,11H2,1H3;1-2H3;/q-1;;. The van der Waals surface area contributed by atoms with Crippen LogP contribution < -0.4 is 0 Å².